The summed E-state index contributed by atoms with van der Waals surface area (Å²) in [6, 6.07) is 8.75. The highest BCUT2D eigenvalue weighted by molar-refractivity contribution is 7.14. The van der Waals surface area contributed by atoms with Gasteiger partial charge >= 0.3 is 0 Å². The predicted octanol–water partition coefficient (Wildman–Crippen LogP) is 4.34. The van der Waals surface area contributed by atoms with Gasteiger partial charge in [-0.05, 0) is 31.2 Å². The third-order valence-electron chi connectivity index (χ3n) is 3.73. The van der Waals surface area contributed by atoms with Gasteiger partial charge in [-0.1, -0.05) is 38.1 Å². The van der Waals surface area contributed by atoms with Crippen LogP contribution in [-0.2, 0) is 11.2 Å². The number of aromatic nitrogens is 1. The van der Waals surface area contributed by atoms with E-state index < -0.39 is 0 Å². The maximum absolute atomic E-state index is 11.0. The molecule has 2 rings (SSSR count). The Bertz CT molecular complexity index is 649. The molecule has 0 saturated carbocycles. The second-order valence-electron chi connectivity index (χ2n) is 6.65. The number of hydrogen-bond donors (Lipinski definition) is 2. The Hall–Kier alpha value is -1.88. The number of thiazole rings is 1. The number of carbonyl (C=O) groups is 1. The minimum absolute atomic E-state index is 0.0308. The van der Waals surface area contributed by atoms with Crippen molar-refractivity contribution in [2.45, 2.75) is 46.6 Å². The highest BCUT2D eigenvalue weighted by Gasteiger charge is 2.07. The van der Waals surface area contributed by atoms with E-state index in [0.29, 0.717) is 5.92 Å². The molecule has 2 N–H and O–H groups in total. The van der Waals surface area contributed by atoms with Crippen LogP contribution in [-0.4, -0.2) is 23.5 Å². The van der Waals surface area contributed by atoms with Gasteiger partial charge in [-0.2, -0.15) is 0 Å². The molecule has 0 radical (unpaired) electrons. The molecule has 24 heavy (non-hydrogen) atoms. The quantitative estimate of drug-likeness (QED) is 0.748. The molecule has 0 spiro atoms. The number of carbonyl (C=O) groups excluding carboxylic acids is 1. The van der Waals surface area contributed by atoms with Crippen molar-refractivity contribution in [2.75, 3.05) is 11.9 Å². The normalized spacial score (nSPS) is 12.2. The van der Waals surface area contributed by atoms with Crippen molar-refractivity contribution in [3.05, 3.63) is 35.2 Å². The van der Waals surface area contributed by atoms with E-state index in [1.165, 1.54) is 5.56 Å². The van der Waals surface area contributed by atoms with Crippen molar-refractivity contribution in [3.63, 3.8) is 0 Å². The summed E-state index contributed by atoms with van der Waals surface area (Å²) >= 11 is 1.65. The summed E-state index contributed by atoms with van der Waals surface area (Å²) in [6.45, 7) is 8.92. The van der Waals surface area contributed by atoms with Crippen molar-refractivity contribution in [3.8, 4) is 11.3 Å². The predicted molar refractivity (Wildman–Crippen MR) is 102 cm³/mol. The molecule has 1 heterocycles. The number of aryl methyl sites for hydroxylation is 1. The molecule has 0 aliphatic heterocycles. The average molecular weight is 346 g/mol. The second-order valence-corrected chi connectivity index (χ2v) is 7.51. The highest BCUT2D eigenvalue weighted by Crippen LogP contribution is 2.25. The molecular weight excluding hydrogens is 318 g/mol. The first kappa shape index (κ1) is 18.5. The molecule has 4 nitrogen and oxygen atoms in total. The van der Waals surface area contributed by atoms with Gasteiger partial charge in [0.05, 0.1) is 5.69 Å². The molecule has 2 aromatic rings. The number of rotatable bonds is 8. The van der Waals surface area contributed by atoms with Crippen LogP contribution in [0.2, 0.25) is 0 Å². The van der Waals surface area contributed by atoms with Crippen molar-refractivity contribution < 1.29 is 4.79 Å². The van der Waals surface area contributed by atoms with Crippen LogP contribution >= 0.6 is 11.3 Å². The van der Waals surface area contributed by atoms with E-state index in [-0.39, 0.29) is 11.9 Å². The molecule has 1 amide bonds. The van der Waals surface area contributed by atoms with Gasteiger partial charge in [0, 0.05) is 30.5 Å². The molecule has 0 aliphatic carbocycles. The van der Waals surface area contributed by atoms with Crippen LogP contribution in [0.5, 0.6) is 0 Å². The lowest BCUT2D eigenvalue weighted by atomic mass is 10.0. The first-order valence-corrected chi connectivity index (χ1v) is 9.38. The fourth-order valence-corrected chi connectivity index (χ4v) is 3.15. The molecule has 0 fully saturated rings. The molecular formula is C19H27N3OS. The Morgan fingerprint density at radius 3 is 2.54 bits per heavy atom. The maximum Gasteiger partial charge on any atom is 0.217 e. The highest BCUT2D eigenvalue weighted by atomic mass is 32.1. The molecule has 0 saturated heterocycles. The number of anilines is 1. The number of benzene rings is 1. The van der Waals surface area contributed by atoms with E-state index in [1.54, 1.807) is 18.3 Å². The zero-order valence-electron chi connectivity index (χ0n) is 14.9. The minimum atomic E-state index is 0.0308. The van der Waals surface area contributed by atoms with E-state index >= 15 is 0 Å². The summed E-state index contributed by atoms with van der Waals surface area (Å²) in [5, 5.41) is 9.36. The van der Waals surface area contributed by atoms with E-state index in [1.807, 2.05) is 6.92 Å². The Kier molecular flexibility index (Phi) is 6.79. The molecule has 0 unspecified atom stereocenters. The maximum atomic E-state index is 11.0. The minimum Gasteiger partial charge on any atom is -0.361 e. The lowest BCUT2D eigenvalue weighted by molar-refractivity contribution is -0.119. The van der Waals surface area contributed by atoms with Gasteiger partial charge in [0.15, 0.2) is 5.13 Å². The van der Waals surface area contributed by atoms with E-state index in [9.17, 15) is 4.79 Å². The second kappa shape index (κ2) is 8.83. The van der Waals surface area contributed by atoms with Gasteiger partial charge in [-0.15, -0.1) is 11.3 Å². The van der Waals surface area contributed by atoms with E-state index in [4.69, 9.17) is 0 Å². The van der Waals surface area contributed by atoms with Crippen molar-refractivity contribution in [1.29, 1.82) is 0 Å². The molecule has 0 aliphatic rings. The van der Waals surface area contributed by atoms with Gasteiger partial charge < -0.3 is 10.6 Å². The third-order valence-corrected chi connectivity index (χ3v) is 4.53. The molecule has 5 heteroatoms. The third kappa shape index (κ3) is 5.96. The van der Waals surface area contributed by atoms with Gasteiger partial charge in [-0.3, -0.25) is 4.79 Å². The number of nitrogens with zero attached hydrogens (tertiary/aromatic N) is 1. The van der Waals surface area contributed by atoms with Crippen LogP contribution in [0.1, 0.15) is 39.7 Å². The van der Waals surface area contributed by atoms with E-state index in [0.717, 1.165) is 35.8 Å². The van der Waals surface area contributed by atoms with Crippen molar-refractivity contribution >= 4 is 22.4 Å². The van der Waals surface area contributed by atoms with Gasteiger partial charge in [0.2, 0.25) is 5.91 Å². The molecule has 1 atom stereocenters. The summed E-state index contributed by atoms with van der Waals surface area (Å²) in [4.78, 5) is 15.7. The number of amides is 1. The summed E-state index contributed by atoms with van der Waals surface area (Å²) in [5.74, 6) is 0.639. The Morgan fingerprint density at radius 2 is 1.92 bits per heavy atom. The summed E-state index contributed by atoms with van der Waals surface area (Å²) in [5.41, 5.74) is 3.44. The molecule has 1 aromatic heterocycles. The summed E-state index contributed by atoms with van der Waals surface area (Å²) in [7, 11) is 0. The molecule has 0 bridgehead atoms. The molecule has 130 valence electrons. The van der Waals surface area contributed by atoms with Crippen molar-refractivity contribution in [2.24, 2.45) is 5.92 Å². The topological polar surface area (TPSA) is 54.0 Å². The monoisotopic (exact) mass is 345 g/mol. The fourth-order valence-electron chi connectivity index (χ4n) is 2.42. The van der Waals surface area contributed by atoms with Crippen LogP contribution < -0.4 is 10.6 Å². The lowest BCUT2D eigenvalue weighted by Gasteiger charge is -2.12. The molecule has 1 aromatic carbocycles. The van der Waals surface area contributed by atoms with Gasteiger partial charge in [-0.25, -0.2) is 4.98 Å². The van der Waals surface area contributed by atoms with Gasteiger partial charge in [0.1, 0.15) is 0 Å². The number of nitrogens with one attached hydrogen (secondary N) is 2. The zero-order chi connectivity index (χ0) is 17.5. The van der Waals surface area contributed by atoms with Crippen LogP contribution in [0.3, 0.4) is 0 Å². The average Bonchev–Trinajstić information content (AvgIpc) is 3.00. The summed E-state index contributed by atoms with van der Waals surface area (Å²) in [6.07, 6.45) is 1.90. The van der Waals surface area contributed by atoms with Crippen LogP contribution in [0.25, 0.3) is 11.3 Å². The smallest absolute Gasteiger partial charge is 0.217 e. The van der Waals surface area contributed by atoms with Crippen LogP contribution in [0, 0.1) is 5.92 Å². The standard InChI is InChI=1S/C19H27N3OS/c1-13(2)11-20-19-22-18(12-24-19)17-9-7-16(8-10-17)6-5-14(3)21-15(4)23/h7-10,12-14H,5-6,11H2,1-4H3,(H,20,22)(H,21,23)/t14-/m0/s1. The number of hydrogen-bond acceptors (Lipinski definition) is 4. The van der Waals surface area contributed by atoms with Crippen LogP contribution in [0.15, 0.2) is 29.6 Å². The largest absolute Gasteiger partial charge is 0.361 e. The van der Waals surface area contributed by atoms with Crippen molar-refractivity contribution in [1.82, 2.24) is 10.3 Å². The first-order valence-electron chi connectivity index (χ1n) is 8.50. The van der Waals surface area contributed by atoms with Crippen LogP contribution in [0.4, 0.5) is 5.13 Å². The zero-order valence-corrected chi connectivity index (χ0v) is 15.7. The lowest BCUT2D eigenvalue weighted by Crippen LogP contribution is -2.30. The Labute approximate surface area is 148 Å². The fraction of sp³-hybridized carbons (Fsp3) is 0.474. The summed E-state index contributed by atoms with van der Waals surface area (Å²) < 4.78 is 0. The van der Waals surface area contributed by atoms with Gasteiger partial charge in [0.25, 0.3) is 0 Å². The Morgan fingerprint density at radius 1 is 1.21 bits per heavy atom. The first-order chi connectivity index (χ1) is 11.4. The van der Waals surface area contributed by atoms with E-state index in [2.05, 4.69) is 59.1 Å². The Balaban J connectivity index is 1.90. The SMILES string of the molecule is CC(=O)N[C@@H](C)CCc1ccc(-c2csc(NCC(C)C)n2)cc1.